The van der Waals surface area contributed by atoms with Crippen LogP contribution in [0.3, 0.4) is 0 Å². The Morgan fingerprint density at radius 2 is 1.76 bits per heavy atom. The molecule has 0 amide bonds. The van der Waals surface area contributed by atoms with E-state index >= 15 is 0 Å². The quantitative estimate of drug-likeness (QED) is 0.876. The molecule has 0 aliphatic rings. The maximum Gasteiger partial charge on any atom is 0.125 e. The van der Waals surface area contributed by atoms with Crippen LogP contribution in [0.5, 0.6) is 0 Å². The number of anilines is 1. The first-order valence-electron chi connectivity index (χ1n) is 6.45. The highest BCUT2D eigenvalue weighted by Crippen LogP contribution is 2.32. The highest BCUT2D eigenvalue weighted by atomic mass is 15.3. The van der Waals surface area contributed by atoms with Crippen molar-refractivity contribution in [2.45, 2.75) is 53.9 Å². The Hall–Kier alpha value is -0.990. The monoisotopic (exact) mass is 237 g/mol. The molecule has 1 rings (SSSR count). The molecule has 1 atom stereocenters. The molecule has 0 bridgehead atoms. The van der Waals surface area contributed by atoms with Crippen LogP contribution in [-0.4, -0.2) is 9.78 Å². The number of aryl methyl sites for hydroxylation is 1. The van der Waals surface area contributed by atoms with Crippen LogP contribution in [0, 0.1) is 11.3 Å². The van der Waals surface area contributed by atoms with E-state index in [4.69, 9.17) is 5.73 Å². The minimum atomic E-state index is 0.306. The topological polar surface area (TPSA) is 43.8 Å². The van der Waals surface area contributed by atoms with E-state index < -0.39 is 0 Å². The van der Waals surface area contributed by atoms with Gasteiger partial charge >= 0.3 is 0 Å². The molecule has 98 valence electrons. The lowest BCUT2D eigenvalue weighted by atomic mass is 9.78. The Bertz CT molecular complexity index is 383. The van der Waals surface area contributed by atoms with E-state index in [9.17, 15) is 0 Å². The number of nitrogens with two attached hydrogens (primary N) is 1. The Kier molecular flexibility index (Phi) is 3.90. The van der Waals surface area contributed by atoms with Crippen LogP contribution in [0.2, 0.25) is 0 Å². The van der Waals surface area contributed by atoms with Gasteiger partial charge in [0.1, 0.15) is 5.82 Å². The minimum Gasteiger partial charge on any atom is -0.384 e. The van der Waals surface area contributed by atoms with Crippen molar-refractivity contribution in [2.24, 2.45) is 18.4 Å². The van der Waals surface area contributed by atoms with Crippen molar-refractivity contribution in [3.8, 4) is 0 Å². The fourth-order valence-electron chi connectivity index (χ4n) is 1.99. The first kappa shape index (κ1) is 14.1. The van der Waals surface area contributed by atoms with Crippen molar-refractivity contribution in [1.29, 1.82) is 0 Å². The van der Waals surface area contributed by atoms with Crippen LogP contribution in [0.25, 0.3) is 0 Å². The zero-order valence-electron chi connectivity index (χ0n) is 12.3. The summed E-state index contributed by atoms with van der Waals surface area (Å²) in [4.78, 5) is 0. The second kappa shape index (κ2) is 4.71. The van der Waals surface area contributed by atoms with Gasteiger partial charge in [0.15, 0.2) is 0 Å². The van der Waals surface area contributed by atoms with Crippen LogP contribution < -0.4 is 5.73 Å². The van der Waals surface area contributed by atoms with Crippen molar-refractivity contribution >= 4 is 5.82 Å². The van der Waals surface area contributed by atoms with Crippen LogP contribution in [-0.2, 0) is 13.5 Å². The van der Waals surface area contributed by atoms with Gasteiger partial charge in [0.25, 0.3) is 0 Å². The van der Waals surface area contributed by atoms with Crippen molar-refractivity contribution in [1.82, 2.24) is 9.78 Å². The fourth-order valence-corrected chi connectivity index (χ4v) is 1.99. The molecule has 0 spiro atoms. The number of nitrogen functional groups attached to an aromatic ring is 1. The third kappa shape index (κ3) is 3.02. The van der Waals surface area contributed by atoms with Gasteiger partial charge in [-0.15, -0.1) is 0 Å². The maximum atomic E-state index is 6.09. The number of hydrogen-bond donors (Lipinski definition) is 1. The van der Waals surface area contributed by atoms with Crippen LogP contribution >= 0.6 is 0 Å². The normalized spacial score (nSPS) is 14.4. The summed E-state index contributed by atoms with van der Waals surface area (Å²) in [5.41, 5.74) is 8.79. The van der Waals surface area contributed by atoms with Gasteiger partial charge in [-0.2, -0.15) is 5.10 Å². The summed E-state index contributed by atoms with van der Waals surface area (Å²) in [6.45, 7) is 13.5. The van der Waals surface area contributed by atoms with E-state index in [2.05, 4.69) is 46.6 Å². The summed E-state index contributed by atoms with van der Waals surface area (Å²) in [5, 5.41) is 4.58. The molecule has 1 aromatic rings. The molecule has 0 fully saturated rings. The Morgan fingerprint density at radius 1 is 1.24 bits per heavy atom. The highest BCUT2D eigenvalue weighted by molar-refractivity contribution is 5.45. The molecule has 0 aliphatic carbocycles. The lowest BCUT2D eigenvalue weighted by Crippen LogP contribution is -2.20. The molecule has 0 saturated carbocycles. The fraction of sp³-hybridized carbons (Fsp3) is 0.786. The number of aromatic nitrogens is 2. The molecule has 1 aromatic heterocycles. The molecule has 3 heteroatoms. The van der Waals surface area contributed by atoms with Gasteiger partial charge in [-0.1, -0.05) is 41.5 Å². The molecule has 0 radical (unpaired) electrons. The van der Waals surface area contributed by atoms with E-state index in [1.165, 1.54) is 11.3 Å². The molecule has 3 nitrogen and oxygen atoms in total. The van der Waals surface area contributed by atoms with E-state index in [1.807, 2.05) is 7.05 Å². The minimum absolute atomic E-state index is 0.306. The van der Waals surface area contributed by atoms with Crippen molar-refractivity contribution in [3.63, 3.8) is 0 Å². The van der Waals surface area contributed by atoms with Crippen molar-refractivity contribution < 1.29 is 0 Å². The molecule has 0 aromatic carbocycles. The second-order valence-electron chi connectivity index (χ2n) is 6.50. The van der Waals surface area contributed by atoms with Crippen LogP contribution in [0.4, 0.5) is 5.82 Å². The SMILES string of the molecule is CC(C)c1c(CC(C)C(C)(C)C)nn(C)c1N. The average molecular weight is 237 g/mol. The maximum absolute atomic E-state index is 6.09. The molecule has 0 aliphatic heterocycles. The molecular weight excluding hydrogens is 210 g/mol. The summed E-state index contributed by atoms with van der Waals surface area (Å²) in [6, 6.07) is 0. The Morgan fingerprint density at radius 3 is 2.18 bits per heavy atom. The number of nitrogens with zero attached hydrogens (tertiary/aromatic N) is 2. The highest BCUT2D eigenvalue weighted by Gasteiger charge is 2.24. The van der Waals surface area contributed by atoms with Gasteiger partial charge < -0.3 is 5.73 Å². The molecule has 1 heterocycles. The van der Waals surface area contributed by atoms with E-state index in [0.29, 0.717) is 17.3 Å². The smallest absolute Gasteiger partial charge is 0.125 e. The summed E-state index contributed by atoms with van der Waals surface area (Å²) in [5.74, 6) is 1.84. The summed E-state index contributed by atoms with van der Waals surface area (Å²) >= 11 is 0. The number of rotatable bonds is 3. The van der Waals surface area contributed by atoms with Crippen LogP contribution in [0.15, 0.2) is 0 Å². The van der Waals surface area contributed by atoms with Crippen molar-refractivity contribution in [2.75, 3.05) is 5.73 Å². The third-order valence-electron chi connectivity index (χ3n) is 3.76. The first-order valence-corrected chi connectivity index (χ1v) is 6.45. The van der Waals surface area contributed by atoms with Crippen molar-refractivity contribution in [3.05, 3.63) is 11.3 Å². The zero-order chi connectivity index (χ0) is 13.4. The Labute approximate surface area is 105 Å². The Balaban J connectivity index is 3.03. The van der Waals surface area contributed by atoms with Gasteiger partial charge in [0.05, 0.1) is 5.69 Å². The van der Waals surface area contributed by atoms with Crippen LogP contribution in [0.1, 0.15) is 58.7 Å². The molecule has 0 saturated heterocycles. The lowest BCUT2D eigenvalue weighted by Gasteiger charge is -2.27. The third-order valence-corrected chi connectivity index (χ3v) is 3.76. The molecular formula is C14H27N3. The predicted molar refractivity (Wildman–Crippen MR) is 74.0 cm³/mol. The first-order chi connectivity index (χ1) is 7.64. The second-order valence-corrected chi connectivity index (χ2v) is 6.50. The summed E-state index contributed by atoms with van der Waals surface area (Å²) < 4.78 is 1.81. The predicted octanol–water partition coefficient (Wildman–Crippen LogP) is 3.35. The van der Waals surface area contributed by atoms with E-state index in [1.54, 1.807) is 4.68 Å². The lowest BCUT2D eigenvalue weighted by molar-refractivity contribution is 0.257. The zero-order valence-corrected chi connectivity index (χ0v) is 12.3. The average Bonchev–Trinajstić information content (AvgIpc) is 2.40. The number of hydrogen-bond acceptors (Lipinski definition) is 2. The summed E-state index contributed by atoms with van der Waals surface area (Å²) in [7, 11) is 1.92. The standard InChI is InChI=1S/C14H27N3/c1-9(2)12-11(16-17(7)13(12)15)8-10(3)14(4,5)6/h9-10H,8,15H2,1-7H3. The molecule has 2 N–H and O–H groups in total. The van der Waals surface area contributed by atoms with Gasteiger partial charge in [-0.05, 0) is 23.7 Å². The van der Waals surface area contributed by atoms with Gasteiger partial charge in [-0.3, -0.25) is 4.68 Å². The van der Waals surface area contributed by atoms with Gasteiger partial charge in [-0.25, -0.2) is 0 Å². The van der Waals surface area contributed by atoms with Gasteiger partial charge in [0.2, 0.25) is 0 Å². The molecule has 1 unspecified atom stereocenters. The largest absolute Gasteiger partial charge is 0.384 e. The van der Waals surface area contributed by atoms with E-state index in [0.717, 1.165) is 12.2 Å². The van der Waals surface area contributed by atoms with Gasteiger partial charge in [0, 0.05) is 12.6 Å². The van der Waals surface area contributed by atoms with E-state index in [-0.39, 0.29) is 0 Å². The summed E-state index contributed by atoms with van der Waals surface area (Å²) in [6.07, 6.45) is 1.00. The molecule has 17 heavy (non-hydrogen) atoms.